The molecule has 1 aromatic carbocycles. The molecule has 3 rings (SSSR count). The molecular formula is C20H27FN4O. The first kappa shape index (κ1) is 18.6. The van der Waals surface area contributed by atoms with E-state index in [1.807, 2.05) is 6.92 Å². The van der Waals surface area contributed by atoms with Gasteiger partial charge in [0.1, 0.15) is 11.5 Å². The third-order valence-corrected chi connectivity index (χ3v) is 5.20. The predicted molar refractivity (Wildman–Crippen MR) is 100 cm³/mol. The Balaban J connectivity index is 1.62. The van der Waals surface area contributed by atoms with E-state index in [2.05, 4.69) is 29.2 Å². The number of carbonyl (C=O) groups is 1. The van der Waals surface area contributed by atoms with Crippen LogP contribution in [0.5, 0.6) is 0 Å². The topological polar surface area (TPSA) is 50.2 Å². The van der Waals surface area contributed by atoms with Gasteiger partial charge in [0, 0.05) is 18.3 Å². The Bertz CT molecular complexity index is 765. The monoisotopic (exact) mass is 358 g/mol. The van der Waals surface area contributed by atoms with Crippen LogP contribution in [-0.2, 0) is 0 Å². The molecule has 0 spiro atoms. The zero-order chi connectivity index (χ0) is 18.7. The van der Waals surface area contributed by atoms with Crippen LogP contribution in [-0.4, -0.2) is 46.3 Å². The van der Waals surface area contributed by atoms with Crippen molar-refractivity contribution in [2.24, 2.45) is 5.92 Å². The third-order valence-electron chi connectivity index (χ3n) is 5.20. The van der Waals surface area contributed by atoms with E-state index in [1.54, 1.807) is 24.3 Å². The number of carbonyl (C=O) groups excluding carboxylic acids is 1. The van der Waals surface area contributed by atoms with Gasteiger partial charge in [-0.2, -0.15) is 5.10 Å². The quantitative estimate of drug-likeness (QED) is 0.893. The summed E-state index contributed by atoms with van der Waals surface area (Å²) >= 11 is 0. The van der Waals surface area contributed by atoms with E-state index >= 15 is 0 Å². The zero-order valence-electron chi connectivity index (χ0n) is 15.7. The Kier molecular flexibility index (Phi) is 5.71. The van der Waals surface area contributed by atoms with Crippen molar-refractivity contribution >= 4 is 5.91 Å². The van der Waals surface area contributed by atoms with Crippen LogP contribution < -0.4 is 5.32 Å². The van der Waals surface area contributed by atoms with E-state index in [9.17, 15) is 9.18 Å². The number of piperidine rings is 1. The molecule has 1 aliphatic rings. The van der Waals surface area contributed by atoms with Crippen molar-refractivity contribution in [2.75, 3.05) is 19.6 Å². The summed E-state index contributed by atoms with van der Waals surface area (Å²) in [5, 5.41) is 7.26. The number of aromatic nitrogens is 2. The maximum Gasteiger partial charge on any atom is 0.271 e. The lowest BCUT2D eigenvalue weighted by Gasteiger charge is -2.34. The predicted octanol–water partition coefficient (Wildman–Crippen LogP) is 3.17. The van der Waals surface area contributed by atoms with Gasteiger partial charge in [-0.3, -0.25) is 9.69 Å². The Morgan fingerprint density at radius 1 is 1.35 bits per heavy atom. The number of nitrogens with one attached hydrogen (secondary N) is 1. The average molecular weight is 358 g/mol. The van der Waals surface area contributed by atoms with Gasteiger partial charge < -0.3 is 5.32 Å². The molecule has 1 amide bonds. The number of halogens is 1. The van der Waals surface area contributed by atoms with E-state index in [-0.39, 0.29) is 11.7 Å². The molecule has 6 heteroatoms. The zero-order valence-corrected chi connectivity index (χ0v) is 15.7. The van der Waals surface area contributed by atoms with Gasteiger partial charge in [-0.05, 0) is 63.9 Å². The molecule has 1 N–H and O–H groups in total. The Hall–Kier alpha value is -2.21. The lowest BCUT2D eigenvalue weighted by molar-refractivity contribution is 0.0916. The summed E-state index contributed by atoms with van der Waals surface area (Å²) in [5.41, 5.74) is 1.38. The summed E-state index contributed by atoms with van der Waals surface area (Å²) in [7, 11) is 0. The van der Waals surface area contributed by atoms with Crippen molar-refractivity contribution < 1.29 is 9.18 Å². The second-order valence-electron chi connectivity index (χ2n) is 7.31. The lowest BCUT2D eigenvalue weighted by Crippen LogP contribution is -2.45. The molecule has 1 fully saturated rings. The molecular weight excluding hydrogens is 331 g/mol. The lowest BCUT2D eigenvalue weighted by atomic mass is 9.98. The standard InChI is InChI=1S/C20H27FN4O/c1-14-8-10-24(11-9-14)16(3)13-22-20(26)18-12-15(2)25(23-18)19-7-5-4-6-17(19)21/h4-7,12,14,16H,8-11,13H2,1-3H3,(H,22,26). The van der Waals surface area contributed by atoms with Crippen LogP contribution in [0.2, 0.25) is 0 Å². The minimum absolute atomic E-state index is 0.222. The van der Waals surface area contributed by atoms with Gasteiger partial charge in [0.15, 0.2) is 5.69 Å². The van der Waals surface area contributed by atoms with Gasteiger partial charge in [0.2, 0.25) is 0 Å². The molecule has 1 atom stereocenters. The van der Waals surface area contributed by atoms with Crippen molar-refractivity contribution in [3.63, 3.8) is 0 Å². The highest BCUT2D eigenvalue weighted by Crippen LogP contribution is 2.18. The number of hydrogen-bond acceptors (Lipinski definition) is 3. The minimum atomic E-state index is -0.362. The fourth-order valence-electron chi connectivity index (χ4n) is 3.38. The number of rotatable bonds is 5. The highest BCUT2D eigenvalue weighted by molar-refractivity contribution is 5.92. The maximum absolute atomic E-state index is 14.0. The average Bonchev–Trinajstić information content (AvgIpc) is 3.02. The first-order chi connectivity index (χ1) is 12.5. The van der Waals surface area contributed by atoms with Crippen LogP contribution in [0.25, 0.3) is 5.69 Å². The molecule has 1 unspecified atom stereocenters. The first-order valence-corrected chi connectivity index (χ1v) is 9.29. The van der Waals surface area contributed by atoms with Crippen LogP contribution in [0.15, 0.2) is 30.3 Å². The second-order valence-corrected chi connectivity index (χ2v) is 7.31. The smallest absolute Gasteiger partial charge is 0.271 e. The van der Waals surface area contributed by atoms with Gasteiger partial charge in [-0.1, -0.05) is 19.1 Å². The van der Waals surface area contributed by atoms with Crippen molar-refractivity contribution in [2.45, 2.75) is 39.7 Å². The van der Waals surface area contributed by atoms with E-state index in [4.69, 9.17) is 0 Å². The minimum Gasteiger partial charge on any atom is -0.349 e. The maximum atomic E-state index is 14.0. The fraction of sp³-hybridized carbons (Fsp3) is 0.500. The van der Waals surface area contributed by atoms with Crippen LogP contribution in [0, 0.1) is 18.7 Å². The largest absolute Gasteiger partial charge is 0.349 e. The number of benzene rings is 1. The number of hydrogen-bond donors (Lipinski definition) is 1. The number of likely N-dealkylation sites (tertiary alicyclic amines) is 1. The van der Waals surface area contributed by atoms with E-state index in [0.29, 0.717) is 24.0 Å². The van der Waals surface area contributed by atoms with Crippen molar-refractivity contribution in [1.29, 1.82) is 0 Å². The van der Waals surface area contributed by atoms with Crippen molar-refractivity contribution in [3.05, 3.63) is 47.5 Å². The van der Waals surface area contributed by atoms with Crippen LogP contribution in [0.1, 0.15) is 42.9 Å². The van der Waals surface area contributed by atoms with Crippen molar-refractivity contribution in [1.82, 2.24) is 20.0 Å². The fourth-order valence-corrected chi connectivity index (χ4v) is 3.38. The normalized spacial score (nSPS) is 17.2. The Labute approximate surface area is 154 Å². The Morgan fingerprint density at radius 2 is 2.04 bits per heavy atom. The number of amides is 1. The molecule has 2 aromatic rings. The molecule has 0 saturated carbocycles. The third kappa shape index (κ3) is 4.12. The molecule has 1 saturated heterocycles. The van der Waals surface area contributed by atoms with Gasteiger partial charge in [0.25, 0.3) is 5.91 Å². The number of nitrogens with zero attached hydrogens (tertiary/aromatic N) is 3. The van der Waals surface area contributed by atoms with Crippen LogP contribution >= 0.6 is 0 Å². The van der Waals surface area contributed by atoms with Gasteiger partial charge >= 0.3 is 0 Å². The van der Waals surface area contributed by atoms with E-state index in [0.717, 1.165) is 24.7 Å². The molecule has 0 bridgehead atoms. The highest BCUT2D eigenvalue weighted by atomic mass is 19.1. The van der Waals surface area contributed by atoms with E-state index < -0.39 is 0 Å². The summed E-state index contributed by atoms with van der Waals surface area (Å²) in [4.78, 5) is 14.9. The molecule has 2 heterocycles. The van der Waals surface area contributed by atoms with Crippen LogP contribution in [0.4, 0.5) is 4.39 Å². The molecule has 0 aliphatic carbocycles. The second kappa shape index (κ2) is 7.99. The van der Waals surface area contributed by atoms with Gasteiger partial charge in [0.05, 0.1) is 0 Å². The summed E-state index contributed by atoms with van der Waals surface area (Å²) < 4.78 is 15.5. The molecule has 26 heavy (non-hydrogen) atoms. The van der Waals surface area contributed by atoms with E-state index in [1.165, 1.54) is 23.6 Å². The molecule has 0 radical (unpaired) electrons. The number of aryl methyl sites for hydroxylation is 1. The molecule has 140 valence electrons. The first-order valence-electron chi connectivity index (χ1n) is 9.29. The Morgan fingerprint density at radius 3 is 2.73 bits per heavy atom. The number of para-hydroxylation sites is 1. The summed E-state index contributed by atoms with van der Waals surface area (Å²) in [6, 6.07) is 8.40. The van der Waals surface area contributed by atoms with Gasteiger partial charge in [-0.15, -0.1) is 0 Å². The highest BCUT2D eigenvalue weighted by Gasteiger charge is 2.21. The molecule has 1 aromatic heterocycles. The van der Waals surface area contributed by atoms with Gasteiger partial charge in [-0.25, -0.2) is 9.07 Å². The molecule has 5 nitrogen and oxygen atoms in total. The summed E-state index contributed by atoms with van der Waals surface area (Å²) in [6.45, 7) is 8.99. The molecule has 1 aliphatic heterocycles. The summed E-state index contributed by atoms with van der Waals surface area (Å²) in [6.07, 6.45) is 2.43. The van der Waals surface area contributed by atoms with Crippen molar-refractivity contribution in [3.8, 4) is 5.69 Å². The SMILES string of the molecule is Cc1cc(C(=O)NCC(C)N2CCC(C)CC2)nn1-c1ccccc1F. The van der Waals surface area contributed by atoms with Crippen LogP contribution in [0.3, 0.4) is 0 Å². The summed E-state index contributed by atoms with van der Waals surface area (Å²) in [5.74, 6) is 0.206.